The van der Waals surface area contributed by atoms with Crippen LogP contribution in [0.1, 0.15) is 57.7 Å². The summed E-state index contributed by atoms with van der Waals surface area (Å²) < 4.78 is 0. The average Bonchev–Trinajstić information content (AvgIpc) is 2.42. The van der Waals surface area contributed by atoms with Gasteiger partial charge < -0.3 is 16.8 Å². The lowest BCUT2D eigenvalue weighted by Gasteiger charge is -2.26. The molecule has 5 N–H and O–H groups in total. The van der Waals surface area contributed by atoms with Crippen LogP contribution in [0.2, 0.25) is 0 Å². The van der Waals surface area contributed by atoms with Gasteiger partial charge in [0.2, 0.25) is 5.91 Å². The van der Waals surface area contributed by atoms with E-state index in [1.807, 2.05) is 32.9 Å². The van der Waals surface area contributed by atoms with Gasteiger partial charge in [0.15, 0.2) is 0 Å². The maximum atomic E-state index is 12.0. The predicted octanol–water partition coefficient (Wildman–Crippen LogP) is 2.30. The highest BCUT2D eigenvalue weighted by atomic mass is 16.2. The quantitative estimate of drug-likeness (QED) is 0.778. The monoisotopic (exact) mass is 291 g/mol. The van der Waals surface area contributed by atoms with Gasteiger partial charge in [-0.15, -0.1) is 0 Å². The average molecular weight is 291 g/mol. The molecule has 0 fully saturated rings. The lowest BCUT2D eigenvalue weighted by Crippen LogP contribution is -2.49. The molecule has 2 atom stereocenters. The molecule has 1 amide bonds. The third kappa shape index (κ3) is 5.14. The second-order valence-electron chi connectivity index (χ2n) is 7.02. The number of benzene rings is 1. The summed E-state index contributed by atoms with van der Waals surface area (Å²) in [5.41, 5.74) is 14.1. The van der Waals surface area contributed by atoms with Gasteiger partial charge in [-0.05, 0) is 22.5 Å². The van der Waals surface area contributed by atoms with Crippen LogP contribution in [-0.2, 0) is 4.79 Å². The highest BCUT2D eigenvalue weighted by Crippen LogP contribution is 2.19. The minimum Gasteiger partial charge on any atom is -0.353 e. The van der Waals surface area contributed by atoms with Gasteiger partial charge in [0.05, 0.1) is 6.04 Å². The first-order chi connectivity index (χ1) is 9.62. The summed E-state index contributed by atoms with van der Waals surface area (Å²) in [4.78, 5) is 12.0. The molecule has 1 aromatic rings. The molecule has 0 saturated carbocycles. The van der Waals surface area contributed by atoms with Gasteiger partial charge in [-0.1, -0.05) is 58.9 Å². The van der Waals surface area contributed by atoms with Gasteiger partial charge in [-0.3, -0.25) is 4.79 Å². The maximum absolute atomic E-state index is 12.0. The summed E-state index contributed by atoms with van der Waals surface area (Å²) in [7, 11) is 0. The van der Waals surface area contributed by atoms with Crippen LogP contribution in [0.5, 0.6) is 0 Å². The number of amides is 1. The van der Waals surface area contributed by atoms with Crippen molar-refractivity contribution >= 4 is 5.91 Å². The topological polar surface area (TPSA) is 81.1 Å². The summed E-state index contributed by atoms with van der Waals surface area (Å²) in [6.07, 6.45) is 0. The van der Waals surface area contributed by atoms with E-state index in [1.165, 1.54) is 5.56 Å². The molecule has 0 aliphatic rings. The largest absolute Gasteiger partial charge is 0.353 e. The van der Waals surface area contributed by atoms with Gasteiger partial charge in [0, 0.05) is 12.6 Å². The van der Waals surface area contributed by atoms with E-state index in [2.05, 4.69) is 31.3 Å². The molecule has 0 radical (unpaired) electrons. The Kier molecular flexibility index (Phi) is 5.93. The first-order valence-electron chi connectivity index (χ1n) is 7.51. The van der Waals surface area contributed by atoms with Crippen molar-refractivity contribution in [1.82, 2.24) is 5.32 Å². The molecule has 4 nitrogen and oxygen atoms in total. The summed E-state index contributed by atoms with van der Waals surface area (Å²) >= 11 is 0. The van der Waals surface area contributed by atoms with Crippen molar-refractivity contribution in [2.45, 2.75) is 52.6 Å². The Morgan fingerprint density at radius 2 is 1.57 bits per heavy atom. The van der Waals surface area contributed by atoms with E-state index in [1.54, 1.807) is 0 Å². The molecular weight excluding hydrogens is 262 g/mol. The summed E-state index contributed by atoms with van der Waals surface area (Å²) in [6.45, 7) is 10.5. The van der Waals surface area contributed by atoms with Crippen LogP contribution in [0, 0.1) is 5.41 Å². The van der Waals surface area contributed by atoms with Crippen molar-refractivity contribution in [2.24, 2.45) is 16.9 Å². The minimum atomic E-state index is -0.534. The Morgan fingerprint density at radius 3 is 2.00 bits per heavy atom. The van der Waals surface area contributed by atoms with Gasteiger partial charge in [0.25, 0.3) is 0 Å². The molecule has 1 aromatic carbocycles. The lowest BCUT2D eigenvalue weighted by molar-refractivity contribution is -0.124. The Bertz CT molecular complexity index is 460. The van der Waals surface area contributed by atoms with Crippen molar-refractivity contribution in [3.05, 3.63) is 35.4 Å². The van der Waals surface area contributed by atoms with E-state index >= 15 is 0 Å². The van der Waals surface area contributed by atoms with Crippen molar-refractivity contribution in [2.75, 3.05) is 6.54 Å². The number of hydrogen-bond donors (Lipinski definition) is 3. The van der Waals surface area contributed by atoms with Gasteiger partial charge in [-0.2, -0.15) is 0 Å². The van der Waals surface area contributed by atoms with Crippen molar-refractivity contribution in [1.29, 1.82) is 0 Å². The fraction of sp³-hybridized carbons (Fsp3) is 0.588. The van der Waals surface area contributed by atoms with E-state index in [0.29, 0.717) is 12.5 Å². The minimum absolute atomic E-state index is 0.156. The molecule has 0 aromatic heterocycles. The number of hydrogen-bond acceptors (Lipinski definition) is 3. The molecule has 4 heteroatoms. The molecule has 0 bridgehead atoms. The summed E-state index contributed by atoms with van der Waals surface area (Å²) in [5, 5.41) is 2.84. The zero-order chi connectivity index (χ0) is 16.2. The Morgan fingerprint density at radius 1 is 1.10 bits per heavy atom. The smallest absolute Gasteiger partial charge is 0.237 e. The highest BCUT2D eigenvalue weighted by molar-refractivity contribution is 5.82. The molecule has 0 heterocycles. The molecule has 118 valence electrons. The second-order valence-corrected chi connectivity index (χ2v) is 7.02. The Hall–Kier alpha value is -1.39. The molecule has 0 aliphatic carbocycles. The first-order valence-corrected chi connectivity index (χ1v) is 7.51. The zero-order valence-electron chi connectivity index (χ0n) is 13.8. The fourth-order valence-corrected chi connectivity index (χ4v) is 1.96. The number of carbonyl (C=O) groups is 1. The molecule has 0 saturated heterocycles. The Labute approximate surface area is 128 Å². The van der Waals surface area contributed by atoms with Gasteiger partial charge in [0.1, 0.15) is 0 Å². The van der Waals surface area contributed by atoms with E-state index in [0.717, 1.165) is 5.56 Å². The number of rotatable bonds is 5. The van der Waals surface area contributed by atoms with E-state index < -0.39 is 6.04 Å². The predicted molar refractivity (Wildman–Crippen MR) is 87.9 cm³/mol. The molecule has 0 spiro atoms. The molecule has 1 unspecified atom stereocenters. The summed E-state index contributed by atoms with van der Waals surface area (Å²) in [5.74, 6) is 0.344. The molecular formula is C17H29N3O. The SMILES string of the molecule is CC(C)c1ccc(C(N)CNC(=O)[C@@H](N)C(C)(C)C)cc1. The number of carbonyl (C=O) groups excluding carboxylic acids is 1. The molecule has 21 heavy (non-hydrogen) atoms. The zero-order valence-corrected chi connectivity index (χ0v) is 13.8. The normalized spacial score (nSPS) is 14.9. The van der Waals surface area contributed by atoms with Crippen LogP contribution in [0.3, 0.4) is 0 Å². The third-order valence-corrected chi connectivity index (χ3v) is 3.74. The van der Waals surface area contributed by atoms with Crippen LogP contribution in [0.15, 0.2) is 24.3 Å². The van der Waals surface area contributed by atoms with Crippen LogP contribution in [0.4, 0.5) is 0 Å². The third-order valence-electron chi connectivity index (χ3n) is 3.74. The molecule has 1 rings (SSSR count). The maximum Gasteiger partial charge on any atom is 0.237 e. The molecule has 0 aliphatic heterocycles. The van der Waals surface area contributed by atoms with E-state index in [4.69, 9.17) is 11.5 Å². The van der Waals surface area contributed by atoms with Crippen molar-refractivity contribution < 1.29 is 4.79 Å². The number of nitrogens with one attached hydrogen (secondary N) is 1. The van der Waals surface area contributed by atoms with E-state index in [9.17, 15) is 4.79 Å². The van der Waals surface area contributed by atoms with Crippen molar-refractivity contribution in [3.63, 3.8) is 0 Å². The van der Waals surface area contributed by atoms with Crippen LogP contribution in [-0.4, -0.2) is 18.5 Å². The standard InChI is InChI=1S/C17H29N3O/c1-11(2)12-6-8-13(9-7-12)14(18)10-20-16(21)15(19)17(3,4)5/h6-9,11,14-15H,10,18-19H2,1-5H3,(H,20,21)/t14?,15-/m1/s1. The number of nitrogens with two attached hydrogens (primary N) is 2. The second kappa shape index (κ2) is 7.05. The van der Waals surface area contributed by atoms with Crippen LogP contribution in [0.25, 0.3) is 0 Å². The fourth-order valence-electron chi connectivity index (χ4n) is 1.96. The van der Waals surface area contributed by atoms with Crippen LogP contribution < -0.4 is 16.8 Å². The van der Waals surface area contributed by atoms with Gasteiger partial charge >= 0.3 is 0 Å². The first kappa shape index (κ1) is 17.7. The van der Waals surface area contributed by atoms with Crippen molar-refractivity contribution in [3.8, 4) is 0 Å². The van der Waals surface area contributed by atoms with E-state index in [-0.39, 0.29) is 17.4 Å². The summed E-state index contributed by atoms with van der Waals surface area (Å²) in [6, 6.07) is 7.46. The lowest BCUT2D eigenvalue weighted by atomic mass is 9.87. The van der Waals surface area contributed by atoms with Crippen LogP contribution >= 0.6 is 0 Å². The Balaban J connectivity index is 2.57. The highest BCUT2D eigenvalue weighted by Gasteiger charge is 2.27. The van der Waals surface area contributed by atoms with Gasteiger partial charge in [-0.25, -0.2) is 0 Å².